The van der Waals surface area contributed by atoms with E-state index in [4.69, 9.17) is 17.3 Å². The molecule has 1 nitrogen and oxygen atoms in total. The van der Waals surface area contributed by atoms with Gasteiger partial charge in [0.05, 0.1) is 5.56 Å². The third kappa shape index (κ3) is 2.40. The second-order valence-corrected chi connectivity index (χ2v) is 3.95. The van der Waals surface area contributed by atoms with Crippen LogP contribution in [-0.2, 0) is 6.18 Å². The van der Waals surface area contributed by atoms with Crippen LogP contribution in [0.25, 0.3) is 0 Å². The van der Waals surface area contributed by atoms with E-state index in [-0.39, 0.29) is 14.3 Å². The fourth-order valence-corrected chi connectivity index (χ4v) is 2.26. The molecule has 1 rings (SSSR count). The van der Waals surface area contributed by atoms with Crippen molar-refractivity contribution < 1.29 is 13.2 Å². The Hall–Kier alpha value is -0.170. The zero-order valence-corrected chi connectivity index (χ0v) is 9.04. The lowest BCUT2D eigenvalue weighted by Gasteiger charge is -2.11. The van der Waals surface area contributed by atoms with Gasteiger partial charge in [0.15, 0.2) is 0 Å². The van der Waals surface area contributed by atoms with E-state index in [0.29, 0.717) is 0 Å². The number of nitrogens with two attached hydrogens (primary N) is 1. The zero-order valence-electron chi connectivity index (χ0n) is 6.12. The standard InChI is InChI=1S/C7H4ClF3IN/c8-3-1-4(12)6(5(13)2-3)7(9,10)11/h1-2H,13H2. The van der Waals surface area contributed by atoms with Gasteiger partial charge in [-0.1, -0.05) is 11.6 Å². The Morgan fingerprint density at radius 3 is 2.23 bits per heavy atom. The fourth-order valence-electron chi connectivity index (χ4n) is 0.893. The summed E-state index contributed by atoms with van der Waals surface area (Å²) >= 11 is 7.07. The van der Waals surface area contributed by atoms with Gasteiger partial charge in [-0.05, 0) is 34.7 Å². The van der Waals surface area contributed by atoms with Crippen LogP contribution in [-0.4, -0.2) is 0 Å². The van der Waals surface area contributed by atoms with Gasteiger partial charge in [-0.15, -0.1) is 0 Å². The Balaban J connectivity index is 3.38. The molecule has 0 unspecified atom stereocenters. The first kappa shape index (κ1) is 10.9. The number of benzene rings is 1. The molecular formula is C7H4ClF3IN. The van der Waals surface area contributed by atoms with E-state index in [1.54, 1.807) is 22.6 Å². The first-order chi connectivity index (χ1) is 5.82. The summed E-state index contributed by atoms with van der Waals surface area (Å²) in [5, 5.41) is 0.204. The molecule has 0 aliphatic heterocycles. The van der Waals surface area contributed by atoms with Gasteiger partial charge in [0, 0.05) is 14.3 Å². The van der Waals surface area contributed by atoms with Crippen molar-refractivity contribution in [2.24, 2.45) is 0 Å². The monoisotopic (exact) mass is 321 g/mol. The maximum absolute atomic E-state index is 12.3. The topological polar surface area (TPSA) is 26.0 Å². The summed E-state index contributed by atoms with van der Waals surface area (Å²) in [7, 11) is 0. The molecule has 6 heteroatoms. The van der Waals surface area contributed by atoms with Gasteiger partial charge in [-0.3, -0.25) is 0 Å². The Labute approximate surface area is 91.2 Å². The highest BCUT2D eigenvalue weighted by Gasteiger charge is 2.35. The van der Waals surface area contributed by atoms with Crippen LogP contribution < -0.4 is 5.73 Å². The SMILES string of the molecule is Nc1cc(Cl)cc(I)c1C(F)(F)F. The molecule has 0 bridgehead atoms. The van der Waals surface area contributed by atoms with Crippen LogP contribution in [0.2, 0.25) is 5.02 Å². The quantitative estimate of drug-likeness (QED) is 0.574. The summed E-state index contributed by atoms with van der Waals surface area (Å²) in [4.78, 5) is 0. The highest BCUT2D eigenvalue weighted by Crippen LogP contribution is 2.38. The van der Waals surface area contributed by atoms with E-state index in [9.17, 15) is 13.2 Å². The second-order valence-electron chi connectivity index (χ2n) is 2.35. The van der Waals surface area contributed by atoms with Gasteiger partial charge in [-0.25, -0.2) is 0 Å². The third-order valence-corrected chi connectivity index (χ3v) is 2.44. The molecule has 1 aromatic carbocycles. The minimum Gasteiger partial charge on any atom is -0.398 e. The maximum atomic E-state index is 12.3. The van der Waals surface area contributed by atoms with E-state index >= 15 is 0 Å². The fraction of sp³-hybridized carbons (Fsp3) is 0.143. The maximum Gasteiger partial charge on any atom is 0.419 e. The molecule has 0 amide bonds. The molecule has 0 aliphatic carbocycles. The number of nitrogen functional groups attached to an aromatic ring is 1. The lowest BCUT2D eigenvalue weighted by atomic mass is 10.2. The molecule has 2 N–H and O–H groups in total. The first-order valence-corrected chi connectivity index (χ1v) is 4.60. The number of hydrogen-bond acceptors (Lipinski definition) is 1. The summed E-state index contributed by atoms with van der Waals surface area (Å²) in [5.74, 6) is 0. The molecule has 0 saturated heterocycles. The van der Waals surface area contributed by atoms with Crippen molar-refractivity contribution in [3.63, 3.8) is 0 Å². The Morgan fingerprint density at radius 1 is 1.31 bits per heavy atom. The Bertz CT molecular complexity index is 314. The largest absolute Gasteiger partial charge is 0.419 e. The van der Waals surface area contributed by atoms with Crippen molar-refractivity contribution in [2.75, 3.05) is 5.73 Å². The molecule has 0 fully saturated rings. The molecule has 0 saturated carbocycles. The van der Waals surface area contributed by atoms with E-state index in [1.807, 2.05) is 0 Å². The summed E-state index contributed by atoms with van der Waals surface area (Å²) < 4.78 is 36.9. The molecule has 0 aliphatic rings. The molecule has 0 spiro atoms. The molecule has 13 heavy (non-hydrogen) atoms. The molecular weight excluding hydrogens is 317 g/mol. The highest BCUT2D eigenvalue weighted by molar-refractivity contribution is 14.1. The van der Waals surface area contributed by atoms with Crippen molar-refractivity contribution in [3.05, 3.63) is 26.3 Å². The lowest BCUT2D eigenvalue weighted by molar-refractivity contribution is -0.137. The number of anilines is 1. The van der Waals surface area contributed by atoms with E-state index in [0.717, 1.165) is 6.07 Å². The third-order valence-electron chi connectivity index (χ3n) is 1.37. The summed E-state index contributed by atoms with van der Waals surface area (Å²) in [6.45, 7) is 0. The molecule has 0 radical (unpaired) electrons. The van der Waals surface area contributed by atoms with Crippen molar-refractivity contribution >= 4 is 39.9 Å². The van der Waals surface area contributed by atoms with Crippen molar-refractivity contribution in [2.45, 2.75) is 6.18 Å². The van der Waals surface area contributed by atoms with Gasteiger partial charge in [0.25, 0.3) is 0 Å². The van der Waals surface area contributed by atoms with Gasteiger partial charge in [0.1, 0.15) is 0 Å². The smallest absolute Gasteiger partial charge is 0.398 e. The van der Waals surface area contributed by atoms with Crippen molar-refractivity contribution in [3.8, 4) is 0 Å². The lowest BCUT2D eigenvalue weighted by Crippen LogP contribution is -2.11. The van der Waals surface area contributed by atoms with Crippen LogP contribution >= 0.6 is 34.2 Å². The minimum atomic E-state index is -4.43. The molecule has 0 aromatic heterocycles. The average molecular weight is 321 g/mol. The van der Waals surface area contributed by atoms with E-state index < -0.39 is 11.7 Å². The van der Waals surface area contributed by atoms with Crippen LogP contribution in [0.4, 0.5) is 18.9 Å². The molecule has 1 aromatic rings. The van der Waals surface area contributed by atoms with Crippen LogP contribution in [0.15, 0.2) is 12.1 Å². The average Bonchev–Trinajstić information content (AvgIpc) is 1.78. The predicted molar refractivity (Wildman–Crippen MR) is 53.6 cm³/mol. The van der Waals surface area contributed by atoms with E-state index in [1.165, 1.54) is 6.07 Å². The molecule has 0 atom stereocenters. The van der Waals surface area contributed by atoms with Gasteiger partial charge < -0.3 is 5.73 Å². The first-order valence-electron chi connectivity index (χ1n) is 3.14. The zero-order chi connectivity index (χ0) is 10.2. The second kappa shape index (κ2) is 3.53. The number of alkyl halides is 3. The molecule has 0 heterocycles. The summed E-state index contributed by atoms with van der Waals surface area (Å²) in [6.07, 6.45) is -4.43. The Kier molecular flexibility index (Phi) is 2.96. The normalized spacial score (nSPS) is 11.8. The number of rotatable bonds is 0. The summed E-state index contributed by atoms with van der Waals surface area (Å²) in [5.41, 5.74) is 4.03. The predicted octanol–water partition coefficient (Wildman–Crippen LogP) is 3.55. The summed E-state index contributed by atoms with van der Waals surface area (Å²) in [6, 6.07) is 2.31. The van der Waals surface area contributed by atoms with Gasteiger partial charge in [0.2, 0.25) is 0 Å². The van der Waals surface area contributed by atoms with Gasteiger partial charge in [-0.2, -0.15) is 13.2 Å². The Morgan fingerprint density at radius 2 is 1.85 bits per heavy atom. The van der Waals surface area contributed by atoms with Crippen molar-refractivity contribution in [1.82, 2.24) is 0 Å². The number of halogens is 5. The van der Waals surface area contributed by atoms with Gasteiger partial charge >= 0.3 is 6.18 Å². The number of hydrogen-bond donors (Lipinski definition) is 1. The van der Waals surface area contributed by atoms with E-state index in [2.05, 4.69) is 0 Å². The van der Waals surface area contributed by atoms with Crippen molar-refractivity contribution in [1.29, 1.82) is 0 Å². The van der Waals surface area contributed by atoms with Crippen LogP contribution in [0, 0.1) is 3.57 Å². The van der Waals surface area contributed by atoms with Crippen LogP contribution in [0.3, 0.4) is 0 Å². The minimum absolute atomic E-state index is 0.00935. The molecule has 72 valence electrons. The van der Waals surface area contributed by atoms with Crippen LogP contribution in [0.5, 0.6) is 0 Å². The van der Waals surface area contributed by atoms with Crippen LogP contribution in [0.1, 0.15) is 5.56 Å². The highest BCUT2D eigenvalue weighted by atomic mass is 127.